The molecule has 0 spiro atoms. The molecule has 70 valence electrons. The molecule has 0 saturated heterocycles. The van der Waals surface area contributed by atoms with E-state index in [-0.39, 0.29) is 0 Å². The molecule has 1 aliphatic rings. The van der Waals surface area contributed by atoms with E-state index in [0.29, 0.717) is 11.1 Å². The van der Waals surface area contributed by atoms with Gasteiger partial charge in [-0.1, -0.05) is 11.8 Å². The van der Waals surface area contributed by atoms with Gasteiger partial charge in [-0.15, -0.1) is 11.6 Å². The van der Waals surface area contributed by atoms with Crippen molar-refractivity contribution in [3.63, 3.8) is 0 Å². The molecule has 1 heterocycles. The van der Waals surface area contributed by atoms with Gasteiger partial charge in [-0.3, -0.25) is 4.99 Å². The van der Waals surface area contributed by atoms with Gasteiger partial charge in [-0.05, 0) is 13.8 Å². The molecule has 0 N–H and O–H groups in total. The molecule has 0 aromatic carbocycles. The van der Waals surface area contributed by atoms with Gasteiger partial charge < -0.3 is 4.90 Å². The molecule has 0 amide bonds. The fourth-order valence-corrected chi connectivity index (χ4v) is 2.51. The summed E-state index contributed by atoms with van der Waals surface area (Å²) in [5.74, 6) is 0.707. The van der Waals surface area contributed by atoms with Crippen molar-refractivity contribution in [1.82, 2.24) is 4.90 Å². The molecule has 12 heavy (non-hydrogen) atoms. The van der Waals surface area contributed by atoms with Crippen LogP contribution < -0.4 is 0 Å². The lowest BCUT2D eigenvalue weighted by Crippen LogP contribution is -2.27. The van der Waals surface area contributed by atoms with E-state index in [1.165, 1.54) is 5.17 Å². The molecule has 1 unspecified atom stereocenters. The van der Waals surface area contributed by atoms with E-state index >= 15 is 0 Å². The first kappa shape index (κ1) is 10.2. The van der Waals surface area contributed by atoms with E-state index in [1.807, 2.05) is 11.8 Å². The molecule has 0 saturated carbocycles. The largest absolute Gasteiger partial charge is 0.352 e. The van der Waals surface area contributed by atoms with Crippen LogP contribution in [0.3, 0.4) is 0 Å². The summed E-state index contributed by atoms with van der Waals surface area (Å²) in [6.07, 6.45) is 0. The number of alkyl halides is 1. The fourth-order valence-electron chi connectivity index (χ4n) is 1.15. The van der Waals surface area contributed by atoms with Crippen molar-refractivity contribution < 1.29 is 0 Å². The topological polar surface area (TPSA) is 15.6 Å². The normalized spacial score (nSPS) is 22.6. The number of rotatable bonds is 3. The van der Waals surface area contributed by atoms with Crippen LogP contribution >= 0.6 is 23.4 Å². The lowest BCUT2D eigenvalue weighted by Gasteiger charge is -2.19. The van der Waals surface area contributed by atoms with Crippen LogP contribution in [0.4, 0.5) is 0 Å². The summed E-state index contributed by atoms with van der Waals surface area (Å²) in [7, 11) is 0. The zero-order chi connectivity index (χ0) is 8.97. The third kappa shape index (κ3) is 2.30. The monoisotopic (exact) mass is 206 g/mol. The first-order chi connectivity index (χ1) is 5.81. The average molecular weight is 207 g/mol. The Labute approximate surface area is 83.4 Å². The van der Waals surface area contributed by atoms with Gasteiger partial charge in [0, 0.05) is 24.2 Å². The number of hydrogen-bond donors (Lipinski definition) is 0. The Balaban J connectivity index is 2.43. The summed E-state index contributed by atoms with van der Waals surface area (Å²) in [5, 5.41) is 1.67. The summed E-state index contributed by atoms with van der Waals surface area (Å²) in [5.41, 5.74) is 0. The molecule has 2 nitrogen and oxygen atoms in total. The quantitative estimate of drug-likeness (QED) is 0.657. The maximum atomic E-state index is 5.75. The maximum absolute atomic E-state index is 5.75. The van der Waals surface area contributed by atoms with Gasteiger partial charge in [0.05, 0.1) is 6.54 Å². The Morgan fingerprint density at radius 1 is 1.58 bits per heavy atom. The molecule has 1 rings (SSSR count). The van der Waals surface area contributed by atoms with Crippen molar-refractivity contribution in [3.8, 4) is 0 Å². The molecule has 4 heteroatoms. The Bertz CT molecular complexity index is 168. The van der Waals surface area contributed by atoms with E-state index in [4.69, 9.17) is 11.6 Å². The number of hydrogen-bond acceptors (Lipinski definition) is 3. The number of nitrogens with zero attached hydrogens (tertiary/aromatic N) is 2. The van der Waals surface area contributed by atoms with Crippen molar-refractivity contribution in [2.45, 2.75) is 19.1 Å². The van der Waals surface area contributed by atoms with Crippen LogP contribution in [0, 0.1) is 0 Å². The average Bonchev–Trinajstić information content (AvgIpc) is 2.55. The molecule has 0 aromatic rings. The third-order valence-corrected chi connectivity index (χ3v) is 3.71. The second-order valence-corrected chi connectivity index (χ2v) is 4.27. The SMILES string of the molecule is CCN(CC)C1=NCC(CCl)S1. The summed E-state index contributed by atoms with van der Waals surface area (Å²) >= 11 is 7.56. The third-order valence-electron chi connectivity index (χ3n) is 1.91. The van der Waals surface area contributed by atoms with Crippen molar-refractivity contribution in [2.24, 2.45) is 4.99 Å². The number of aliphatic imine (C=N–C) groups is 1. The predicted molar refractivity (Wildman–Crippen MR) is 57.3 cm³/mol. The van der Waals surface area contributed by atoms with Crippen LogP contribution in [-0.2, 0) is 0 Å². The number of thioether (sulfide) groups is 1. The van der Waals surface area contributed by atoms with Gasteiger partial charge in [0.25, 0.3) is 0 Å². The van der Waals surface area contributed by atoms with Crippen LogP contribution in [0.5, 0.6) is 0 Å². The standard InChI is InChI=1S/C8H15ClN2S/c1-3-11(4-2)8-10-6-7(5-9)12-8/h7H,3-6H2,1-2H3. The van der Waals surface area contributed by atoms with E-state index < -0.39 is 0 Å². The minimum Gasteiger partial charge on any atom is -0.352 e. The van der Waals surface area contributed by atoms with Crippen LogP contribution in [0.1, 0.15) is 13.8 Å². The Morgan fingerprint density at radius 2 is 2.25 bits per heavy atom. The molecule has 1 aliphatic heterocycles. The smallest absolute Gasteiger partial charge is 0.159 e. The second kappa shape index (κ2) is 4.97. The van der Waals surface area contributed by atoms with E-state index in [2.05, 4.69) is 23.7 Å². The molecule has 0 radical (unpaired) electrons. The summed E-state index contributed by atoms with van der Waals surface area (Å²) in [6, 6.07) is 0. The van der Waals surface area contributed by atoms with Crippen molar-refractivity contribution in [3.05, 3.63) is 0 Å². The molecular weight excluding hydrogens is 192 g/mol. The summed E-state index contributed by atoms with van der Waals surface area (Å²) in [6.45, 7) is 7.27. The van der Waals surface area contributed by atoms with Crippen molar-refractivity contribution in [2.75, 3.05) is 25.5 Å². The highest BCUT2D eigenvalue weighted by molar-refractivity contribution is 8.14. The first-order valence-corrected chi connectivity index (χ1v) is 5.75. The van der Waals surface area contributed by atoms with Crippen LogP contribution in [-0.4, -0.2) is 40.8 Å². The van der Waals surface area contributed by atoms with Gasteiger partial charge in [0.15, 0.2) is 5.17 Å². The Kier molecular flexibility index (Phi) is 4.22. The van der Waals surface area contributed by atoms with Crippen LogP contribution in [0.25, 0.3) is 0 Å². The summed E-state index contributed by atoms with van der Waals surface area (Å²) in [4.78, 5) is 6.73. The van der Waals surface area contributed by atoms with Gasteiger partial charge in [0.1, 0.15) is 0 Å². The molecule has 1 atom stereocenters. The molecule has 0 fully saturated rings. The zero-order valence-corrected chi connectivity index (χ0v) is 9.16. The van der Waals surface area contributed by atoms with Crippen LogP contribution in [0.2, 0.25) is 0 Å². The van der Waals surface area contributed by atoms with Gasteiger partial charge in [-0.2, -0.15) is 0 Å². The van der Waals surface area contributed by atoms with Crippen LogP contribution in [0.15, 0.2) is 4.99 Å². The predicted octanol–water partition coefficient (Wildman–Crippen LogP) is 2.04. The molecular formula is C8H15ClN2S. The zero-order valence-electron chi connectivity index (χ0n) is 7.59. The minimum absolute atomic E-state index is 0.502. The molecule has 0 aliphatic carbocycles. The lowest BCUT2D eigenvalue weighted by molar-refractivity contribution is 0.474. The highest BCUT2D eigenvalue weighted by atomic mass is 35.5. The first-order valence-electron chi connectivity index (χ1n) is 4.33. The van der Waals surface area contributed by atoms with Gasteiger partial charge in [0.2, 0.25) is 0 Å². The lowest BCUT2D eigenvalue weighted by atomic mass is 10.5. The van der Waals surface area contributed by atoms with E-state index in [1.54, 1.807) is 0 Å². The molecule has 0 bridgehead atoms. The Hall–Kier alpha value is 0.110. The number of amidine groups is 1. The van der Waals surface area contributed by atoms with Gasteiger partial charge >= 0.3 is 0 Å². The molecule has 0 aromatic heterocycles. The number of halogens is 1. The maximum Gasteiger partial charge on any atom is 0.159 e. The Morgan fingerprint density at radius 3 is 2.67 bits per heavy atom. The fraction of sp³-hybridized carbons (Fsp3) is 0.875. The van der Waals surface area contributed by atoms with Crippen molar-refractivity contribution >= 4 is 28.5 Å². The highest BCUT2D eigenvalue weighted by Crippen LogP contribution is 2.23. The second-order valence-electron chi connectivity index (χ2n) is 2.69. The van der Waals surface area contributed by atoms with Gasteiger partial charge in [-0.25, -0.2) is 0 Å². The minimum atomic E-state index is 0.502. The van der Waals surface area contributed by atoms with Crippen molar-refractivity contribution in [1.29, 1.82) is 0 Å². The summed E-state index contributed by atoms with van der Waals surface area (Å²) < 4.78 is 0. The van der Waals surface area contributed by atoms with E-state index in [0.717, 1.165) is 19.6 Å². The van der Waals surface area contributed by atoms with E-state index in [9.17, 15) is 0 Å². The highest BCUT2D eigenvalue weighted by Gasteiger charge is 2.21.